The van der Waals surface area contributed by atoms with Gasteiger partial charge in [0.25, 0.3) is 5.91 Å². The van der Waals surface area contributed by atoms with Gasteiger partial charge >= 0.3 is 0 Å². The van der Waals surface area contributed by atoms with Crippen LogP contribution in [0.25, 0.3) is 5.76 Å². The molecule has 6 atom stereocenters. The first-order chi connectivity index (χ1) is 20.1. The normalized spacial score (nSPS) is 30.3. The Morgan fingerprint density at radius 1 is 1.12 bits per heavy atom. The van der Waals surface area contributed by atoms with Crippen molar-refractivity contribution < 1.29 is 39.6 Å². The SMILES string of the molecule is CC1CCC[C@@H]1C(=O)NCc1cc(N(C)C)c2c(c1O)C(O)=C1C(=O)[C@]3(O)C(O)=C(C(N)=O)C(=O)[C@@H](N(C)C)[C@@H]3C[C@@H]1C2. The number of primary amides is 1. The van der Waals surface area contributed by atoms with Crippen molar-refractivity contribution in [3.05, 3.63) is 39.7 Å². The molecule has 0 aromatic heterocycles. The first-order valence-corrected chi connectivity index (χ1v) is 14.6. The number of anilines is 1. The number of hydrogen-bond acceptors (Lipinski definition) is 10. The number of hydrogen-bond donors (Lipinski definition) is 6. The van der Waals surface area contributed by atoms with Crippen molar-refractivity contribution in [2.24, 2.45) is 29.4 Å². The molecule has 0 saturated heterocycles. The number of likely N-dealkylation sites (N-methyl/N-ethyl adjacent to an activating group) is 1. The van der Waals surface area contributed by atoms with Crippen molar-refractivity contribution in [2.45, 2.75) is 57.2 Å². The van der Waals surface area contributed by atoms with E-state index in [1.54, 1.807) is 34.3 Å². The van der Waals surface area contributed by atoms with Crippen molar-refractivity contribution in [2.75, 3.05) is 33.1 Å². The van der Waals surface area contributed by atoms with E-state index in [2.05, 4.69) is 5.32 Å². The third kappa shape index (κ3) is 4.50. The smallest absolute Gasteiger partial charge is 0.255 e. The predicted molar refractivity (Wildman–Crippen MR) is 157 cm³/mol. The second-order valence-electron chi connectivity index (χ2n) is 12.8. The first kappa shape index (κ1) is 30.6. The van der Waals surface area contributed by atoms with Crippen LogP contribution in [0.2, 0.25) is 0 Å². The van der Waals surface area contributed by atoms with E-state index in [0.29, 0.717) is 16.8 Å². The van der Waals surface area contributed by atoms with Crippen molar-refractivity contribution >= 4 is 34.8 Å². The highest BCUT2D eigenvalue weighted by molar-refractivity contribution is 6.24. The number of nitrogens with two attached hydrogens (primary N) is 1. The van der Waals surface area contributed by atoms with Crippen LogP contribution in [-0.4, -0.2) is 88.5 Å². The quantitative estimate of drug-likeness (QED) is 0.259. The van der Waals surface area contributed by atoms with Crippen LogP contribution in [0.3, 0.4) is 0 Å². The summed E-state index contributed by atoms with van der Waals surface area (Å²) >= 11 is 0. The number of phenols is 1. The summed E-state index contributed by atoms with van der Waals surface area (Å²) in [5.74, 6) is -6.92. The highest BCUT2D eigenvalue weighted by Crippen LogP contribution is 2.54. The Labute approximate surface area is 249 Å². The number of carbonyl (C=O) groups is 4. The van der Waals surface area contributed by atoms with Crippen LogP contribution in [0.1, 0.15) is 49.3 Å². The maximum Gasteiger partial charge on any atom is 0.255 e. The van der Waals surface area contributed by atoms with E-state index in [1.165, 1.54) is 4.90 Å². The lowest BCUT2D eigenvalue weighted by atomic mass is 9.57. The average molecular weight is 597 g/mol. The van der Waals surface area contributed by atoms with Gasteiger partial charge in [0.1, 0.15) is 22.8 Å². The number of ketones is 2. The molecule has 0 heterocycles. The number of aliphatic hydroxyl groups is 3. The lowest BCUT2D eigenvalue weighted by Crippen LogP contribution is -2.65. The molecule has 1 aromatic rings. The molecule has 7 N–H and O–H groups in total. The summed E-state index contributed by atoms with van der Waals surface area (Å²) in [4.78, 5) is 55.7. The zero-order valence-electron chi connectivity index (χ0n) is 25.1. The molecule has 232 valence electrons. The highest BCUT2D eigenvalue weighted by Gasteiger charge is 2.64. The number of nitrogens with zero attached hydrogens (tertiary/aromatic N) is 2. The Balaban J connectivity index is 1.62. The van der Waals surface area contributed by atoms with E-state index >= 15 is 0 Å². The molecular formula is C31H40N4O8. The van der Waals surface area contributed by atoms with E-state index in [-0.39, 0.29) is 54.0 Å². The Morgan fingerprint density at radius 3 is 2.35 bits per heavy atom. The molecule has 0 bridgehead atoms. The van der Waals surface area contributed by atoms with E-state index in [4.69, 9.17) is 5.73 Å². The van der Waals surface area contributed by atoms with Crippen LogP contribution in [0.5, 0.6) is 5.75 Å². The lowest BCUT2D eigenvalue weighted by molar-refractivity contribution is -0.153. The van der Waals surface area contributed by atoms with Gasteiger partial charge in [0, 0.05) is 49.3 Å². The van der Waals surface area contributed by atoms with Gasteiger partial charge in [-0.05, 0) is 63.2 Å². The van der Waals surface area contributed by atoms with Gasteiger partial charge in [-0.1, -0.05) is 13.3 Å². The van der Waals surface area contributed by atoms with Gasteiger partial charge in [-0.3, -0.25) is 24.1 Å². The average Bonchev–Trinajstić information content (AvgIpc) is 3.35. The van der Waals surface area contributed by atoms with Crippen molar-refractivity contribution in [1.29, 1.82) is 0 Å². The van der Waals surface area contributed by atoms with Gasteiger partial charge in [-0.25, -0.2) is 0 Å². The van der Waals surface area contributed by atoms with Gasteiger partial charge in [0.2, 0.25) is 11.7 Å². The highest BCUT2D eigenvalue weighted by atomic mass is 16.3. The number of phenolic OH excluding ortho intramolecular Hbond substituents is 1. The standard InChI is InChI=1S/C31H40N4O8/c1-13-7-6-8-16(13)30(42)33-12-15-11-19(34(2)3)17-9-14-10-18-23(35(4)5)26(38)22(29(32)41)28(40)31(18,43)27(39)20(14)25(37)21(17)24(15)36/h11,13-14,16,18,23,36-37,40,43H,6-10,12H2,1-5H3,(H2,32,41)(H,33,42)/t13?,14-,16-,18-,23-,31-/m0/s1. The zero-order valence-corrected chi connectivity index (χ0v) is 25.1. The molecular weight excluding hydrogens is 556 g/mol. The summed E-state index contributed by atoms with van der Waals surface area (Å²) in [6.45, 7) is 2.03. The Morgan fingerprint density at radius 2 is 1.79 bits per heavy atom. The number of benzene rings is 1. The molecule has 4 aliphatic carbocycles. The molecule has 12 heteroatoms. The summed E-state index contributed by atoms with van der Waals surface area (Å²) < 4.78 is 0. The van der Waals surface area contributed by atoms with Gasteiger partial charge in [-0.2, -0.15) is 0 Å². The molecule has 5 rings (SSSR count). The number of fused-ring (bicyclic) bond motifs is 3. The predicted octanol–water partition coefficient (Wildman–Crippen LogP) is 1.08. The van der Waals surface area contributed by atoms with Crippen LogP contribution in [-0.2, 0) is 32.1 Å². The second kappa shape index (κ2) is 10.7. The van der Waals surface area contributed by atoms with E-state index < -0.39 is 58.0 Å². The fourth-order valence-corrected chi connectivity index (χ4v) is 7.73. The summed E-state index contributed by atoms with van der Waals surface area (Å²) in [6, 6.07) is 0.597. The minimum absolute atomic E-state index is 0.000901. The largest absolute Gasteiger partial charge is 0.508 e. The molecule has 1 unspecified atom stereocenters. The van der Waals surface area contributed by atoms with Crippen LogP contribution in [0.15, 0.2) is 23.0 Å². The minimum atomic E-state index is -2.70. The van der Waals surface area contributed by atoms with Gasteiger partial charge in [0.15, 0.2) is 11.4 Å². The van der Waals surface area contributed by atoms with Crippen LogP contribution < -0.4 is 16.0 Å². The van der Waals surface area contributed by atoms with Gasteiger partial charge < -0.3 is 36.4 Å². The Bertz CT molecular complexity index is 1490. The summed E-state index contributed by atoms with van der Waals surface area (Å²) in [7, 11) is 6.71. The molecule has 0 radical (unpaired) electrons. The van der Waals surface area contributed by atoms with E-state index in [0.717, 1.165) is 19.3 Å². The molecule has 2 fully saturated rings. The maximum atomic E-state index is 14.1. The Kier molecular flexibility index (Phi) is 7.58. The van der Waals surface area contributed by atoms with Crippen LogP contribution in [0, 0.1) is 23.7 Å². The third-order valence-corrected chi connectivity index (χ3v) is 9.91. The topological polar surface area (TPSA) is 194 Å². The third-order valence-electron chi connectivity index (χ3n) is 9.91. The molecule has 2 amide bonds. The molecule has 0 spiro atoms. The van der Waals surface area contributed by atoms with E-state index in [1.807, 2.05) is 11.8 Å². The maximum absolute atomic E-state index is 14.1. The molecule has 43 heavy (non-hydrogen) atoms. The van der Waals surface area contributed by atoms with Gasteiger partial charge in [-0.15, -0.1) is 0 Å². The Hall–Kier alpha value is -3.90. The van der Waals surface area contributed by atoms with Crippen LogP contribution >= 0.6 is 0 Å². The second-order valence-corrected chi connectivity index (χ2v) is 12.8. The summed E-state index contributed by atoms with van der Waals surface area (Å²) in [5.41, 5.74) is 3.18. The number of nitrogens with one attached hydrogen (secondary N) is 1. The number of Topliss-reactive ketones (excluding diaryl/α,β-unsaturated/α-hetero) is 2. The molecule has 4 aliphatic rings. The minimum Gasteiger partial charge on any atom is -0.508 e. The van der Waals surface area contributed by atoms with Crippen molar-refractivity contribution in [1.82, 2.24) is 10.2 Å². The monoisotopic (exact) mass is 596 g/mol. The lowest BCUT2D eigenvalue weighted by Gasteiger charge is -2.50. The fraction of sp³-hybridized carbons (Fsp3) is 0.548. The fourth-order valence-electron chi connectivity index (χ4n) is 7.73. The molecule has 0 aliphatic heterocycles. The summed E-state index contributed by atoms with van der Waals surface area (Å²) in [6.07, 6.45) is 2.95. The zero-order chi connectivity index (χ0) is 31.7. The van der Waals surface area contributed by atoms with Gasteiger partial charge in [0.05, 0.1) is 11.6 Å². The number of rotatable bonds is 6. The molecule has 1 aromatic carbocycles. The van der Waals surface area contributed by atoms with Crippen LogP contribution in [0.4, 0.5) is 5.69 Å². The van der Waals surface area contributed by atoms with E-state index in [9.17, 15) is 39.6 Å². The van der Waals surface area contributed by atoms with Crippen molar-refractivity contribution in [3.8, 4) is 5.75 Å². The number of amides is 2. The molecule has 12 nitrogen and oxygen atoms in total. The number of aliphatic hydroxyl groups excluding tert-OH is 2. The number of carbonyl (C=O) groups excluding carboxylic acids is 4. The summed E-state index contributed by atoms with van der Waals surface area (Å²) in [5, 5.41) is 48.8. The first-order valence-electron chi connectivity index (χ1n) is 14.6. The van der Waals surface area contributed by atoms with Crippen molar-refractivity contribution in [3.63, 3.8) is 0 Å². The molecule has 2 saturated carbocycles. The number of aromatic hydroxyl groups is 1.